The van der Waals surface area contributed by atoms with Crippen LogP contribution in [0.25, 0.3) is 11.3 Å². The van der Waals surface area contributed by atoms with E-state index in [9.17, 15) is 0 Å². The molecular formula is C10H9N2. The summed E-state index contributed by atoms with van der Waals surface area (Å²) in [5.41, 5.74) is 2.27. The Labute approximate surface area is 71.5 Å². The molecule has 12 heavy (non-hydrogen) atoms. The summed E-state index contributed by atoms with van der Waals surface area (Å²) in [6.45, 7) is 0. The van der Waals surface area contributed by atoms with Crippen molar-refractivity contribution in [3.63, 3.8) is 0 Å². The summed E-state index contributed by atoms with van der Waals surface area (Å²) < 4.78 is 1.81. The highest BCUT2D eigenvalue weighted by Gasteiger charge is 1.99. The van der Waals surface area contributed by atoms with E-state index >= 15 is 0 Å². The van der Waals surface area contributed by atoms with Gasteiger partial charge in [-0.1, -0.05) is 30.3 Å². The van der Waals surface area contributed by atoms with Gasteiger partial charge in [-0.2, -0.15) is 5.10 Å². The molecular weight excluding hydrogens is 148 g/mol. The van der Waals surface area contributed by atoms with Crippen molar-refractivity contribution in [1.82, 2.24) is 9.78 Å². The second-order valence-electron chi connectivity index (χ2n) is 2.65. The Balaban J connectivity index is 2.51. The van der Waals surface area contributed by atoms with Crippen molar-refractivity contribution >= 4 is 0 Å². The van der Waals surface area contributed by atoms with E-state index in [1.54, 1.807) is 0 Å². The van der Waals surface area contributed by atoms with Gasteiger partial charge in [-0.25, -0.2) is 0 Å². The fraction of sp³-hybridized carbons (Fsp3) is 0.100. The molecule has 0 unspecified atom stereocenters. The molecule has 1 heterocycles. The van der Waals surface area contributed by atoms with Crippen LogP contribution in [0.2, 0.25) is 0 Å². The van der Waals surface area contributed by atoms with Crippen LogP contribution in [0.4, 0.5) is 0 Å². The number of nitrogens with zero attached hydrogens (tertiary/aromatic N) is 2. The first-order valence-electron chi connectivity index (χ1n) is 3.83. The number of aryl methyl sites for hydroxylation is 1. The minimum absolute atomic E-state index is 1.09. The molecule has 0 aliphatic carbocycles. The van der Waals surface area contributed by atoms with E-state index in [-0.39, 0.29) is 0 Å². The van der Waals surface area contributed by atoms with Crippen molar-refractivity contribution in [2.75, 3.05) is 0 Å². The third-order valence-electron chi connectivity index (χ3n) is 1.83. The predicted molar refractivity (Wildman–Crippen MR) is 47.5 cm³/mol. The normalized spacial score (nSPS) is 10.1. The lowest BCUT2D eigenvalue weighted by Crippen LogP contribution is -1.92. The standard InChI is InChI=1S/C10H9N2/c1-12-10(7-8-11-12)9-5-3-2-4-6-9/h2-7H,1H3. The molecule has 1 aromatic heterocycles. The molecule has 0 aliphatic heterocycles. The first-order chi connectivity index (χ1) is 5.88. The van der Waals surface area contributed by atoms with Crippen LogP contribution in [-0.2, 0) is 7.05 Å². The second kappa shape index (κ2) is 2.81. The summed E-state index contributed by atoms with van der Waals surface area (Å²) >= 11 is 0. The molecule has 59 valence electrons. The molecule has 2 rings (SSSR count). The maximum absolute atomic E-state index is 3.98. The lowest BCUT2D eigenvalue weighted by molar-refractivity contribution is 0.773. The predicted octanol–water partition coefficient (Wildman–Crippen LogP) is 1.89. The van der Waals surface area contributed by atoms with E-state index in [1.165, 1.54) is 5.56 Å². The van der Waals surface area contributed by atoms with Gasteiger partial charge in [0.05, 0.1) is 5.69 Å². The molecule has 1 aromatic carbocycles. The number of benzene rings is 1. The Kier molecular flexibility index (Phi) is 1.67. The van der Waals surface area contributed by atoms with Crippen molar-refractivity contribution in [2.24, 2.45) is 7.05 Å². The van der Waals surface area contributed by atoms with Gasteiger partial charge in [0, 0.05) is 7.05 Å². The van der Waals surface area contributed by atoms with Crippen molar-refractivity contribution in [1.29, 1.82) is 0 Å². The van der Waals surface area contributed by atoms with Crippen molar-refractivity contribution < 1.29 is 0 Å². The van der Waals surface area contributed by atoms with Crippen LogP contribution in [0.15, 0.2) is 36.4 Å². The largest absolute Gasteiger partial charge is 0.267 e. The van der Waals surface area contributed by atoms with Crippen LogP contribution in [0.1, 0.15) is 0 Å². The third-order valence-corrected chi connectivity index (χ3v) is 1.83. The zero-order chi connectivity index (χ0) is 8.39. The van der Waals surface area contributed by atoms with Crippen molar-refractivity contribution in [3.05, 3.63) is 42.6 Å². The molecule has 0 aliphatic rings. The monoisotopic (exact) mass is 157 g/mol. The molecule has 0 fully saturated rings. The van der Waals surface area contributed by atoms with Crippen LogP contribution >= 0.6 is 0 Å². The van der Waals surface area contributed by atoms with Gasteiger partial charge >= 0.3 is 0 Å². The zero-order valence-corrected chi connectivity index (χ0v) is 6.86. The van der Waals surface area contributed by atoms with Gasteiger partial charge in [-0.15, -0.1) is 0 Å². The zero-order valence-electron chi connectivity index (χ0n) is 6.86. The molecule has 2 heteroatoms. The molecule has 0 bridgehead atoms. The van der Waals surface area contributed by atoms with Gasteiger partial charge in [0.15, 0.2) is 0 Å². The maximum atomic E-state index is 3.98. The average molecular weight is 157 g/mol. The molecule has 0 spiro atoms. The highest BCUT2D eigenvalue weighted by atomic mass is 15.2. The summed E-state index contributed by atoms with van der Waals surface area (Å²) in [5.74, 6) is 0. The lowest BCUT2D eigenvalue weighted by atomic mass is 10.2. The quantitative estimate of drug-likeness (QED) is 0.618. The van der Waals surface area contributed by atoms with Crippen LogP contribution in [0.3, 0.4) is 0 Å². The summed E-state index contributed by atoms with van der Waals surface area (Å²) in [4.78, 5) is 0. The van der Waals surface area contributed by atoms with Crippen LogP contribution in [0.5, 0.6) is 0 Å². The van der Waals surface area contributed by atoms with E-state index < -0.39 is 0 Å². The van der Waals surface area contributed by atoms with Gasteiger partial charge in [-0.3, -0.25) is 4.68 Å². The van der Waals surface area contributed by atoms with Crippen molar-refractivity contribution in [2.45, 2.75) is 0 Å². The first kappa shape index (κ1) is 7.10. The minimum atomic E-state index is 1.09. The van der Waals surface area contributed by atoms with Crippen LogP contribution < -0.4 is 0 Å². The highest BCUT2D eigenvalue weighted by molar-refractivity contribution is 5.58. The molecule has 0 N–H and O–H groups in total. The Morgan fingerprint density at radius 1 is 1.25 bits per heavy atom. The van der Waals surface area contributed by atoms with E-state index in [1.807, 2.05) is 36.0 Å². The summed E-state index contributed by atoms with van der Waals surface area (Å²) in [6, 6.07) is 12.0. The Hall–Kier alpha value is -1.57. The Bertz CT molecular complexity index is 362. The Morgan fingerprint density at radius 2 is 2.00 bits per heavy atom. The molecule has 0 amide bonds. The average Bonchev–Trinajstić information content (AvgIpc) is 2.53. The molecule has 0 saturated heterocycles. The summed E-state index contributed by atoms with van der Waals surface area (Å²) in [7, 11) is 1.92. The molecule has 2 aromatic rings. The SMILES string of the molecule is Cn1n[c]cc1-c1ccccc1. The minimum Gasteiger partial charge on any atom is -0.267 e. The van der Waals surface area contributed by atoms with E-state index in [0.29, 0.717) is 0 Å². The Morgan fingerprint density at radius 3 is 2.58 bits per heavy atom. The number of rotatable bonds is 1. The summed E-state index contributed by atoms with van der Waals surface area (Å²) in [6.07, 6.45) is 2.81. The smallest absolute Gasteiger partial charge is 0.113 e. The summed E-state index contributed by atoms with van der Waals surface area (Å²) in [5, 5.41) is 3.98. The topological polar surface area (TPSA) is 17.8 Å². The van der Waals surface area contributed by atoms with Gasteiger partial charge in [0.1, 0.15) is 6.20 Å². The van der Waals surface area contributed by atoms with Crippen LogP contribution in [-0.4, -0.2) is 9.78 Å². The fourth-order valence-electron chi connectivity index (χ4n) is 1.20. The molecule has 0 atom stereocenters. The number of aromatic nitrogens is 2. The van der Waals surface area contributed by atoms with Gasteiger partial charge in [-0.05, 0) is 11.6 Å². The van der Waals surface area contributed by atoms with E-state index in [0.717, 1.165) is 5.69 Å². The van der Waals surface area contributed by atoms with Gasteiger partial charge < -0.3 is 0 Å². The number of hydrogen-bond acceptors (Lipinski definition) is 1. The van der Waals surface area contributed by atoms with Crippen LogP contribution in [0, 0.1) is 6.20 Å². The number of hydrogen-bond donors (Lipinski definition) is 0. The van der Waals surface area contributed by atoms with E-state index in [2.05, 4.69) is 23.4 Å². The first-order valence-corrected chi connectivity index (χ1v) is 3.83. The molecule has 0 saturated carbocycles. The maximum Gasteiger partial charge on any atom is 0.113 e. The van der Waals surface area contributed by atoms with Gasteiger partial charge in [0.2, 0.25) is 0 Å². The molecule has 2 nitrogen and oxygen atoms in total. The third kappa shape index (κ3) is 1.11. The molecule has 1 radical (unpaired) electrons. The van der Waals surface area contributed by atoms with Crippen molar-refractivity contribution in [3.8, 4) is 11.3 Å². The van der Waals surface area contributed by atoms with Gasteiger partial charge in [0.25, 0.3) is 0 Å². The highest BCUT2D eigenvalue weighted by Crippen LogP contribution is 2.16. The fourth-order valence-corrected chi connectivity index (χ4v) is 1.20. The lowest BCUT2D eigenvalue weighted by Gasteiger charge is -1.99. The van der Waals surface area contributed by atoms with E-state index in [4.69, 9.17) is 0 Å². The second-order valence-corrected chi connectivity index (χ2v) is 2.65.